The van der Waals surface area contributed by atoms with Crippen LogP contribution < -0.4 is 5.32 Å². The number of rotatable bonds is 4. The first-order valence-corrected chi connectivity index (χ1v) is 7.50. The monoisotopic (exact) mass is 283 g/mol. The summed E-state index contributed by atoms with van der Waals surface area (Å²) >= 11 is 0. The smallest absolute Gasteiger partial charge is 0.154 e. The molecule has 1 atom stereocenters. The minimum Gasteiger partial charge on any atom is -0.323 e. The van der Waals surface area contributed by atoms with Crippen LogP contribution >= 0.6 is 0 Å². The Balaban J connectivity index is 1.89. The molecule has 5 heteroatoms. The van der Waals surface area contributed by atoms with E-state index in [0.717, 1.165) is 30.3 Å². The van der Waals surface area contributed by atoms with Gasteiger partial charge in [0.15, 0.2) is 5.82 Å². The molecule has 1 aliphatic heterocycles. The molecule has 2 aromatic heterocycles. The van der Waals surface area contributed by atoms with Crippen LogP contribution in [0.5, 0.6) is 0 Å². The molecule has 1 fully saturated rings. The Bertz CT molecular complexity index is 584. The maximum atomic E-state index is 4.60. The van der Waals surface area contributed by atoms with Crippen LogP contribution in [-0.4, -0.2) is 32.4 Å². The molecule has 0 spiro atoms. The van der Waals surface area contributed by atoms with Gasteiger partial charge in [-0.05, 0) is 45.4 Å². The van der Waals surface area contributed by atoms with Crippen LogP contribution in [0.1, 0.15) is 38.4 Å². The molecule has 5 nitrogen and oxygen atoms in total. The van der Waals surface area contributed by atoms with Gasteiger partial charge in [-0.2, -0.15) is 0 Å². The molecule has 0 aromatic carbocycles. The van der Waals surface area contributed by atoms with Gasteiger partial charge in [-0.25, -0.2) is 9.97 Å². The van der Waals surface area contributed by atoms with Crippen molar-refractivity contribution >= 4 is 11.6 Å². The van der Waals surface area contributed by atoms with Crippen molar-refractivity contribution in [3.8, 4) is 0 Å². The molecule has 110 valence electrons. The number of hydrogen-bond acceptors (Lipinski definition) is 5. The first-order chi connectivity index (χ1) is 10.3. The van der Waals surface area contributed by atoms with Gasteiger partial charge in [-0.1, -0.05) is 6.07 Å². The van der Waals surface area contributed by atoms with Crippen molar-refractivity contribution in [1.29, 1.82) is 0 Å². The number of hydrogen-bond donors (Lipinski definition) is 1. The first-order valence-electron chi connectivity index (χ1n) is 7.50. The Labute approximate surface area is 125 Å². The lowest BCUT2D eigenvalue weighted by atomic mass is 10.1. The van der Waals surface area contributed by atoms with Crippen LogP contribution in [0.25, 0.3) is 0 Å². The van der Waals surface area contributed by atoms with Crippen LogP contribution in [-0.2, 0) is 0 Å². The summed E-state index contributed by atoms with van der Waals surface area (Å²) in [4.78, 5) is 15.9. The Morgan fingerprint density at radius 3 is 2.76 bits per heavy atom. The largest absolute Gasteiger partial charge is 0.323 e. The molecule has 0 radical (unpaired) electrons. The summed E-state index contributed by atoms with van der Waals surface area (Å²) in [6.07, 6.45) is 7.61. The van der Waals surface area contributed by atoms with E-state index in [1.54, 1.807) is 18.6 Å². The molecule has 0 unspecified atom stereocenters. The van der Waals surface area contributed by atoms with E-state index in [-0.39, 0.29) is 0 Å². The maximum Gasteiger partial charge on any atom is 0.154 e. The van der Waals surface area contributed by atoms with Crippen molar-refractivity contribution in [3.63, 3.8) is 0 Å². The summed E-state index contributed by atoms with van der Waals surface area (Å²) in [5.74, 6) is 1.61. The molecule has 1 saturated heterocycles. The molecular formula is C16H21N5. The molecule has 0 bridgehead atoms. The molecular weight excluding hydrogens is 262 g/mol. The fourth-order valence-corrected chi connectivity index (χ4v) is 2.95. The molecule has 1 N–H and O–H groups in total. The molecule has 3 rings (SSSR count). The fraction of sp³-hybridized carbons (Fsp3) is 0.438. The zero-order valence-electron chi connectivity index (χ0n) is 12.5. The Morgan fingerprint density at radius 2 is 2.00 bits per heavy atom. The number of pyridine rings is 1. The van der Waals surface area contributed by atoms with Crippen molar-refractivity contribution in [2.45, 2.75) is 38.8 Å². The lowest BCUT2D eigenvalue weighted by Crippen LogP contribution is -2.31. The second kappa shape index (κ2) is 6.18. The van der Waals surface area contributed by atoms with E-state index in [4.69, 9.17) is 0 Å². The number of anilines is 2. The van der Waals surface area contributed by atoms with Crippen LogP contribution in [0.3, 0.4) is 0 Å². The fourth-order valence-electron chi connectivity index (χ4n) is 2.95. The average Bonchev–Trinajstić information content (AvgIpc) is 2.98. The Morgan fingerprint density at radius 1 is 1.14 bits per heavy atom. The van der Waals surface area contributed by atoms with E-state index in [9.17, 15) is 0 Å². The van der Waals surface area contributed by atoms with Crippen molar-refractivity contribution in [2.75, 3.05) is 11.9 Å². The molecule has 1 aliphatic rings. The summed E-state index contributed by atoms with van der Waals surface area (Å²) in [5, 5.41) is 3.30. The number of nitrogens with zero attached hydrogens (tertiary/aromatic N) is 4. The van der Waals surface area contributed by atoms with Crippen molar-refractivity contribution in [2.24, 2.45) is 0 Å². The van der Waals surface area contributed by atoms with Gasteiger partial charge in [0, 0.05) is 24.6 Å². The minimum atomic E-state index is 0.338. The summed E-state index contributed by atoms with van der Waals surface area (Å²) in [6, 6.07) is 6.65. The zero-order chi connectivity index (χ0) is 14.7. The SMILES string of the molecule is CC(C)N1CCC[C@@H]1c1nccnc1Nc1ccccn1. The predicted octanol–water partition coefficient (Wildman–Crippen LogP) is 3.16. The number of likely N-dealkylation sites (tertiary alicyclic amines) is 1. The lowest BCUT2D eigenvalue weighted by Gasteiger charge is -2.28. The van der Waals surface area contributed by atoms with E-state index < -0.39 is 0 Å². The Kier molecular flexibility index (Phi) is 4.10. The zero-order valence-corrected chi connectivity index (χ0v) is 12.5. The summed E-state index contributed by atoms with van der Waals surface area (Å²) in [7, 11) is 0. The molecule has 0 aliphatic carbocycles. The highest BCUT2D eigenvalue weighted by Gasteiger charge is 2.31. The van der Waals surface area contributed by atoms with Gasteiger partial charge in [0.05, 0.1) is 6.04 Å². The molecule has 0 amide bonds. The van der Waals surface area contributed by atoms with Gasteiger partial charge in [-0.3, -0.25) is 9.88 Å². The molecule has 3 heterocycles. The first kappa shape index (κ1) is 13.9. The van der Waals surface area contributed by atoms with Gasteiger partial charge in [0.1, 0.15) is 11.5 Å². The van der Waals surface area contributed by atoms with Crippen molar-refractivity contribution in [1.82, 2.24) is 19.9 Å². The third-order valence-electron chi connectivity index (χ3n) is 3.91. The third kappa shape index (κ3) is 3.03. The second-order valence-electron chi connectivity index (χ2n) is 5.62. The molecule has 2 aromatic rings. The molecule has 21 heavy (non-hydrogen) atoms. The minimum absolute atomic E-state index is 0.338. The van der Waals surface area contributed by atoms with Gasteiger partial charge in [0.25, 0.3) is 0 Å². The lowest BCUT2D eigenvalue weighted by molar-refractivity contribution is 0.202. The highest BCUT2D eigenvalue weighted by atomic mass is 15.2. The van der Waals surface area contributed by atoms with E-state index in [1.165, 1.54) is 6.42 Å². The van der Waals surface area contributed by atoms with E-state index in [1.807, 2.05) is 18.2 Å². The highest BCUT2D eigenvalue weighted by Crippen LogP contribution is 2.35. The van der Waals surface area contributed by atoms with Gasteiger partial charge in [-0.15, -0.1) is 0 Å². The molecule has 0 saturated carbocycles. The van der Waals surface area contributed by atoms with Crippen molar-refractivity contribution < 1.29 is 0 Å². The average molecular weight is 283 g/mol. The van der Waals surface area contributed by atoms with Gasteiger partial charge >= 0.3 is 0 Å². The topological polar surface area (TPSA) is 53.9 Å². The number of nitrogens with one attached hydrogen (secondary N) is 1. The van der Waals surface area contributed by atoms with Gasteiger partial charge in [0.2, 0.25) is 0 Å². The van der Waals surface area contributed by atoms with Crippen LogP contribution in [0, 0.1) is 0 Å². The third-order valence-corrected chi connectivity index (χ3v) is 3.91. The van der Waals surface area contributed by atoms with E-state index >= 15 is 0 Å². The number of aromatic nitrogens is 3. The maximum absolute atomic E-state index is 4.60. The van der Waals surface area contributed by atoms with E-state index in [0.29, 0.717) is 12.1 Å². The highest BCUT2D eigenvalue weighted by molar-refractivity contribution is 5.54. The Hall–Kier alpha value is -2.01. The predicted molar refractivity (Wildman–Crippen MR) is 83.4 cm³/mol. The summed E-state index contributed by atoms with van der Waals surface area (Å²) < 4.78 is 0. The van der Waals surface area contributed by atoms with E-state index in [2.05, 4.69) is 39.0 Å². The second-order valence-corrected chi connectivity index (χ2v) is 5.62. The van der Waals surface area contributed by atoms with Crippen molar-refractivity contribution in [3.05, 3.63) is 42.5 Å². The summed E-state index contributed by atoms with van der Waals surface area (Å²) in [5.41, 5.74) is 1.02. The standard InChI is InChI=1S/C16H21N5/c1-12(2)21-11-5-6-13(21)15-16(19-10-9-18-15)20-14-7-3-4-8-17-14/h3-4,7-10,12-13H,5-6,11H2,1-2H3,(H,17,19,20)/t13-/m1/s1. The normalized spacial score (nSPS) is 19.1. The van der Waals surface area contributed by atoms with Crippen LogP contribution in [0.4, 0.5) is 11.6 Å². The van der Waals surface area contributed by atoms with Crippen LogP contribution in [0.15, 0.2) is 36.8 Å². The summed E-state index contributed by atoms with van der Waals surface area (Å²) in [6.45, 7) is 5.60. The van der Waals surface area contributed by atoms with Crippen LogP contribution in [0.2, 0.25) is 0 Å². The van der Waals surface area contributed by atoms with Gasteiger partial charge < -0.3 is 5.32 Å². The quantitative estimate of drug-likeness (QED) is 0.934.